The normalized spacial score (nSPS) is 15.1. The van der Waals surface area contributed by atoms with Crippen molar-refractivity contribution in [3.05, 3.63) is 68.5 Å². The Balaban J connectivity index is 1.50. The van der Waals surface area contributed by atoms with Crippen molar-refractivity contribution in [2.75, 3.05) is 5.32 Å². The highest BCUT2D eigenvalue weighted by Gasteiger charge is 2.25. The average molecular weight is 429 g/mol. The molecule has 2 aromatic heterocycles. The molecule has 3 heterocycles. The van der Waals surface area contributed by atoms with Crippen molar-refractivity contribution in [2.24, 2.45) is 0 Å². The number of amides is 2. The predicted octanol–water partition coefficient (Wildman–Crippen LogP) is 4.79. The Labute approximate surface area is 174 Å². The zero-order chi connectivity index (χ0) is 19.5. The number of halogens is 1. The van der Waals surface area contributed by atoms with Gasteiger partial charge in [0.1, 0.15) is 5.82 Å². The second-order valence-electron chi connectivity index (χ2n) is 5.82. The van der Waals surface area contributed by atoms with Crippen LogP contribution in [-0.4, -0.2) is 21.1 Å². The van der Waals surface area contributed by atoms with Gasteiger partial charge in [0.2, 0.25) is 0 Å². The summed E-state index contributed by atoms with van der Waals surface area (Å²) in [5, 5.41) is 7.76. The Morgan fingerprint density at radius 3 is 2.86 bits per heavy atom. The van der Waals surface area contributed by atoms with E-state index in [0.29, 0.717) is 28.0 Å². The highest BCUT2D eigenvalue weighted by molar-refractivity contribution is 8.18. The Bertz CT molecular complexity index is 1100. The average Bonchev–Trinajstić information content (AvgIpc) is 3.28. The van der Waals surface area contributed by atoms with Crippen LogP contribution in [0.3, 0.4) is 0 Å². The van der Waals surface area contributed by atoms with Crippen molar-refractivity contribution in [1.82, 2.24) is 15.3 Å². The van der Waals surface area contributed by atoms with Gasteiger partial charge in [-0.25, -0.2) is 4.98 Å². The maximum atomic E-state index is 11.7. The van der Waals surface area contributed by atoms with Gasteiger partial charge < -0.3 is 5.32 Å². The molecule has 2 amide bonds. The topological polar surface area (TPSA) is 84.0 Å². The summed E-state index contributed by atoms with van der Waals surface area (Å²) in [6, 6.07) is 9.53. The number of nitrogens with zero attached hydrogens (tertiary/aromatic N) is 2. The number of carbonyl (C=O) groups excluding carboxylic acids is 2. The van der Waals surface area contributed by atoms with Crippen molar-refractivity contribution in [1.29, 1.82) is 0 Å². The highest BCUT2D eigenvalue weighted by atomic mass is 35.5. The maximum Gasteiger partial charge on any atom is 0.290 e. The minimum Gasteiger partial charge on any atom is -0.365 e. The van der Waals surface area contributed by atoms with Gasteiger partial charge in [0.05, 0.1) is 23.0 Å². The van der Waals surface area contributed by atoms with Crippen LogP contribution >= 0.6 is 34.7 Å². The van der Waals surface area contributed by atoms with Crippen LogP contribution in [0.1, 0.15) is 10.4 Å². The van der Waals surface area contributed by atoms with Crippen molar-refractivity contribution in [3.63, 3.8) is 0 Å². The van der Waals surface area contributed by atoms with E-state index in [2.05, 4.69) is 20.6 Å². The number of carbonyl (C=O) groups is 2. The second-order valence-corrected chi connectivity index (χ2v) is 8.19. The van der Waals surface area contributed by atoms with Crippen LogP contribution in [0.5, 0.6) is 0 Å². The van der Waals surface area contributed by atoms with Crippen molar-refractivity contribution >= 4 is 57.7 Å². The van der Waals surface area contributed by atoms with Crippen LogP contribution in [0.4, 0.5) is 10.6 Å². The number of anilines is 1. The summed E-state index contributed by atoms with van der Waals surface area (Å²) < 4.78 is 0. The lowest BCUT2D eigenvalue weighted by molar-refractivity contribution is -0.115. The van der Waals surface area contributed by atoms with E-state index in [-0.39, 0.29) is 11.1 Å². The van der Waals surface area contributed by atoms with Gasteiger partial charge in [-0.3, -0.25) is 19.9 Å². The van der Waals surface area contributed by atoms with Crippen LogP contribution in [0.2, 0.25) is 5.02 Å². The summed E-state index contributed by atoms with van der Waals surface area (Å²) in [6.07, 6.45) is 5.03. The first kappa shape index (κ1) is 18.7. The SMILES string of the molecule is O=C1NC(=O)/C(=C/c2cc(-c3cncc(NCc4ccccc4Cl)n3)cs2)S1. The highest BCUT2D eigenvalue weighted by Crippen LogP contribution is 2.30. The fraction of sp³-hybridized carbons (Fsp3) is 0.0526. The van der Waals surface area contributed by atoms with Gasteiger partial charge in [-0.15, -0.1) is 11.3 Å². The van der Waals surface area contributed by atoms with Gasteiger partial charge in [0.25, 0.3) is 11.1 Å². The molecule has 1 aliphatic heterocycles. The molecular formula is C19H13ClN4O2S2. The summed E-state index contributed by atoms with van der Waals surface area (Å²) in [4.78, 5) is 33.0. The number of imide groups is 1. The first-order chi connectivity index (χ1) is 13.6. The molecule has 0 spiro atoms. The van der Waals surface area contributed by atoms with Gasteiger partial charge >= 0.3 is 0 Å². The zero-order valence-corrected chi connectivity index (χ0v) is 16.7. The standard InChI is InChI=1S/C19H13ClN4O2S2/c20-14-4-2-1-3-11(14)7-22-17-9-21-8-15(23-17)12-5-13(27-10-12)6-16-18(25)24-19(26)28-16/h1-6,8-10H,7H2,(H,22,23)(H,24,25,26)/b16-6-. The van der Waals surface area contributed by atoms with E-state index in [1.54, 1.807) is 18.5 Å². The van der Waals surface area contributed by atoms with Crippen molar-refractivity contribution < 1.29 is 9.59 Å². The van der Waals surface area contributed by atoms with E-state index >= 15 is 0 Å². The Hall–Kier alpha value is -2.68. The van der Waals surface area contributed by atoms with Crippen LogP contribution < -0.4 is 10.6 Å². The number of hydrogen-bond donors (Lipinski definition) is 2. The molecule has 0 unspecified atom stereocenters. The largest absolute Gasteiger partial charge is 0.365 e. The minimum absolute atomic E-state index is 0.351. The quantitative estimate of drug-likeness (QED) is 0.568. The first-order valence-electron chi connectivity index (χ1n) is 8.21. The Kier molecular flexibility index (Phi) is 5.43. The summed E-state index contributed by atoms with van der Waals surface area (Å²) in [5.41, 5.74) is 2.58. The molecule has 140 valence electrons. The van der Waals surface area contributed by atoms with Gasteiger partial charge in [-0.05, 0) is 35.5 Å². The van der Waals surface area contributed by atoms with Crippen molar-refractivity contribution in [3.8, 4) is 11.3 Å². The lowest BCUT2D eigenvalue weighted by Gasteiger charge is -2.08. The third-order valence-electron chi connectivity index (χ3n) is 3.88. The fourth-order valence-corrected chi connectivity index (χ4v) is 4.31. The van der Waals surface area contributed by atoms with Crippen LogP contribution in [0.25, 0.3) is 17.3 Å². The van der Waals surface area contributed by atoms with E-state index in [0.717, 1.165) is 27.8 Å². The fourth-order valence-electron chi connectivity index (χ4n) is 2.53. The van der Waals surface area contributed by atoms with E-state index in [1.165, 1.54) is 11.3 Å². The number of nitrogens with one attached hydrogen (secondary N) is 2. The molecule has 1 aromatic carbocycles. The van der Waals surface area contributed by atoms with Crippen molar-refractivity contribution in [2.45, 2.75) is 6.54 Å². The minimum atomic E-state index is -0.365. The van der Waals surface area contributed by atoms with Crippen LogP contribution in [0, 0.1) is 0 Å². The third-order valence-corrected chi connectivity index (χ3v) is 5.94. The zero-order valence-electron chi connectivity index (χ0n) is 14.3. The molecule has 9 heteroatoms. The molecule has 0 radical (unpaired) electrons. The van der Waals surface area contributed by atoms with Crippen LogP contribution in [0.15, 0.2) is 53.0 Å². The molecule has 0 atom stereocenters. The molecule has 2 N–H and O–H groups in total. The molecule has 28 heavy (non-hydrogen) atoms. The first-order valence-corrected chi connectivity index (χ1v) is 10.3. The van der Waals surface area contributed by atoms with Gasteiger partial charge in [-0.2, -0.15) is 0 Å². The lowest BCUT2D eigenvalue weighted by Crippen LogP contribution is -2.17. The van der Waals surface area contributed by atoms with E-state index in [4.69, 9.17) is 11.6 Å². The Morgan fingerprint density at radius 2 is 2.07 bits per heavy atom. The van der Waals surface area contributed by atoms with Gasteiger partial charge in [0.15, 0.2) is 0 Å². The van der Waals surface area contributed by atoms with Gasteiger partial charge in [0, 0.05) is 27.4 Å². The Morgan fingerprint density at radius 1 is 1.21 bits per heavy atom. The smallest absolute Gasteiger partial charge is 0.290 e. The molecule has 0 saturated carbocycles. The number of thiophene rings is 1. The molecular weight excluding hydrogens is 416 g/mol. The lowest BCUT2D eigenvalue weighted by atomic mass is 10.2. The molecule has 0 aliphatic carbocycles. The number of thioether (sulfide) groups is 1. The monoisotopic (exact) mass is 428 g/mol. The maximum absolute atomic E-state index is 11.7. The summed E-state index contributed by atoms with van der Waals surface area (Å²) in [5.74, 6) is 0.273. The van der Waals surface area contributed by atoms with Crippen LogP contribution in [-0.2, 0) is 11.3 Å². The predicted molar refractivity (Wildman–Crippen MR) is 113 cm³/mol. The molecule has 0 bridgehead atoms. The molecule has 1 fully saturated rings. The summed E-state index contributed by atoms with van der Waals surface area (Å²) >= 11 is 8.55. The molecule has 6 nitrogen and oxygen atoms in total. The molecule has 4 rings (SSSR count). The second kappa shape index (κ2) is 8.14. The number of benzene rings is 1. The molecule has 1 saturated heterocycles. The van der Waals surface area contributed by atoms with E-state index in [9.17, 15) is 9.59 Å². The third kappa shape index (κ3) is 4.24. The molecule has 3 aromatic rings. The number of rotatable bonds is 5. The molecule has 1 aliphatic rings. The summed E-state index contributed by atoms with van der Waals surface area (Å²) in [7, 11) is 0. The van der Waals surface area contributed by atoms with E-state index < -0.39 is 0 Å². The summed E-state index contributed by atoms with van der Waals surface area (Å²) in [6.45, 7) is 0.541. The number of aromatic nitrogens is 2. The van der Waals surface area contributed by atoms with Gasteiger partial charge in [-0.1, -0.05) is 29.8 Å². The number of hydrogen-bond acceptors (Lipinski definition) is 7. The van der Waals surface area contributed by atoms with E-state index in [1.807, 2.05) is 35.7 Å².